The summed E-state index contributed by atoms with van der Waals surface area (Å²) in [5.41, 5.74) is 4.52. The van der Waals surface area contributed by atoms with Crippen molar-refractivity contribution in [3.63, 3.8) is 0 Å². The number of para-hydroxylation sites is 2. The number of rotatable bonds is 4. The second-order valence-electron chi connectivity index (χ2n) is 7.69. The van der Waals surface area contributed by atoms with E-state index in [1.165, 1.54) is 39.7 Å². The van der Waals surface area contributed by atoms with Gasteiger partial charge in [-0.2, -0.15) is 0 Å². The van der Waals surface area contributed by atoms with Crippen LogP contribution in [0.4, 0.5) is 0 Å². The van der Waals surface area contributed by atoms with E-state index in [2.05, 4.69) is 30.2 Å². The molecule has 0 radical (unpaired) electrons. The fraction of sp³-hybridized carbons (Fsp3) is 0.261. The number of fused-ring (bicyclic) bond motifs is 3. The van der Waals surface area contributed by atoms with E-state index in [1.54, 1.807) is 4.68 Å². The average Bonchev–Trinajstić information content (AvgIpc) is 3.30. The predicted octanol–water partition coefficient (Wildman–Crippen LogP) is 6.18. The quantitative estimate of drug-likeness (QED) is 0.275. The van der Waals surface area contributed by atoms with Crippen LogP contribution in [0.5, 0.6) is 0 Å². The van der Waals surface area contributed by atoms with Crippen molar-refractivity contribution in [2.75, 3.05) is 5.75 Å². The molecule has 2 aromatic heterocycles. The molecule has 1 unspecified atom stereocenters. The van der Waals surface area contributed by atoms with Crippen LogP contribution in [-0.2, 0) is 12.8 Å². The lowest BCUT2D eigenvalue weighted by molar-refractivity contribution is 0.0943. The summed E-state index contributed by atoms with van der Waals surface area (Å²) in [5.74, 6) is 1.12. The monoisotopic (exact) mass is 451 g/mol. The minimum atomic E-state index is 0.111. The lowest BCUT2D eigenvalue weighted by Crippen LogP contribution is -2.20. The van der Waals surface area contributed by atoms with Crippen molar-refractivity contribution >= 4 is 52.1 Å². The molecule has 30 heavy (non-hydrogen) atoms. The highest BCUT2D eigenvalue weighted by Gasteiger charge is 2.26. The Balaban J connectivity index is 1.42. The van der Waals surface area contributed by atoms with Gasteiger partial charge in [-0.05, 0) is 61.2 Å². The lowest BCUT2D eigenvalue weighted by Gasteiger charge is -2.20. The fourth-order valence-corrected chi connectivity index (χ4v) is 6.42. The van der Waals surface area contributed by atoms with Crippen molar-refractivity contribution in [2.24, 2.45) is 5.92 Å². The normalized spacial score (nSPS) is 16.0. The first-order chi connectivity index (χ1) is 14.6. The smallest absolute Gasteiger partial charge is 0.241 e. The van der Waals surface area contributed by atoms with E-state index in [4.69, 9.17) is 12.2 Å². The van der Waals surface area contributed by atoms with Crippen LogP contribution in [0.1, 0.15) is 29.4 Å². The largest absolute Gasteiger partial charge is 0.283 e. The Hall–Kier alpha value is -2.22. The van der Waals surface area contributed by atoms with Crippen LogP contribution in [-0.4, -0.2) is 26.0 Å². The first-order valence-corrected chi connectivity index (χ1v) is 12.3. The molecule has 0 saturated carbocycles. The summed E-state index contributed by atoms with van der Waals surface area (Å²) in [6, 6.07) is 18.2. The molecule has 4 nitrogen and oxygen atoms in total. The average molecular weight is 452 g/mol. The zero-order valence-electron chi connectivity index (χ0n) is 16.6. The number of carbonyl (C=O) groups is 1. The Morgan fingerprint density at radius 2 is 1.97 bits per heavy atom. The summed E-state index contributed by atoms with van der Waals surface area (Å²) >= 11 is 8.40. The van der Waals surface area contributed by atoms with Crippen molar-refractivity contribution in [2.45, 2.75) is 30.5 Å². The highest BCUT2D eigenvalue weighted by molar-refractivity contribution is 8.01. The molecule has 0 saturated heterocycles. The summed E-state index contributed by atoms with van der Waals surface area (Å²) < 4.78 is 5.23. The van der Waals surface area contributed by atoms with Crippen LogP contribution in [0.15, 0.2) is 58.9 Å². The summed E-state index contributed by atoms with van der Waals surface area (Å²) in [5, 5.41) is 5.85. The molecule has 1 atom stereocenters. The van der Waals surface area contributed by atoms with Crippen LogP contribution < -0.4 is 0 Å². The molecular weight excluding hydrogens is 430 g/mol. The molecule has 0 bridgehead atoms. The highest BCUT2D eigenvalue weighted by Crippen LogP contribution is 2.35. The van der Waals surface area contributed by atoms with Crippen molar-refractivity contribution in [3.8, 4) is 5.69 Å². The Labute approximate surface area is 188 Å². The van der Waals surface area contributed by atoms with Crippen LogP contribution in [0.3, 0.4) is 0 Å². The minimum Gasteiger partial charge on any atom is -0.283 e. The Morgan fingerprint density at radius 1 is 1.20 bits per heavy atom. The van der Waals surface area contributed by atoms with Crippen molar-refractivity contribution in [3.05, 3.63) is 69.8 Å². The fourth-order valence-electron chi connectivity index (χ4n) is 4.21. The topological polar surface area (TPSA) is 39.8 Å². The molecule has 0 aliphatic heterocycles. The van der Waals surface area contributed by atoms with Gasteiger partial charge < -0.3 is 0 Å². The van der Waals surface area contributed by atoms with Crippen LogP contribution in [0.25, 0.3) is 16.6 Å². The summed E-state index contributed by atoms with van der Waals surface area (Å²) in [6.45, 7) is 2.30. The van der Waals surface area contributed by atoms with E-state index >= 15 is 0 Å². The van der Waals surface area contributed by atoms with Gasteiger partial charge in [0.25, 0.3) is 0 Å². The van der Waals surface area contributed by atoms with Crippen LogP contribution in [0, 0.1) is 9.87 Å². The van der Waals surface area contributed by atoms with Gasteiger partial charge in [-0.25, -0.2) is 4.68 Å². The summed E-state index contributed by atoms with van der Waals surface area (Å²) in [4.78, 5) is 13.3. The maximum absolute atomic E-state index is 13.3. The second-order valence-corrected chi connectivity index (χ2v) is 10.5. The zero-order chi connectivity index (χ0) is 20.7. The molecule has 1 aliphatic rings. The van der Waals surface area contributed by atoms with Gasteiger partial charge >= 0.3 is 0 Å². The molecule has 152 valence electrons. The van der Waals surface area contributed by atoms with Gasteiger partial charge in [-0.1, -0.05) is 66.4 Å². The second kappa shape index (κ2) is 8.13. The van der Waals surface area contributed by atoms with Gasteiger partial charge in [0.15, 0.2) is 8.29 Å². The number of thioether (sulfide) groups is 1. The van der Waals surface area contributed by atoms with Crippen LogP contribution in [0.2, 0.25) is 0 Å². The molecule has 0 N–H and O–H groups in total. The number of carbonyl (C=O) groups excluding carboxylic acids is 1. The van der Waals surface area contributed by atoms with Gasteiger partial charge in [0, 0.05) is 11.1 Å². The third kappa shape index (κ3) is 3.55. The van der Waals surface area contributed by atoms with Crippen molar-refractivity contribution < 1.29 is 4.79 Å². The SMILES string of the molecule is CC1CCc2c(c3ccccc3n2C(=O)CSc2nn(-c3ccccc3)c(=S)s2)C1. The van der Waals surface area contributed by atoms with E-state index in [0.717, 1.165) is 34.8 Å². The molecule has 4 aromatic rings. The third-order valence-electron chi connectivity index (χ3n) is 5.61. The number of benzene rings is 2. The van der Waals surface area contributed by atoms with E-state index in [9.17, 15) is 4.79 Å². The first-order valence-electron chi connectivity index (χ1n) is 10.0. The Morgan fingerprint density at radius 3 is 2.80 bits per heavy atom. The molecular formula is C23H21N3OS3. The number of hydrogen-bond donors (Lipinski definition) is 0. The molecule has 0 spiro atoms. The number of nitrogens with zero attached hydrogens (tertiary/aromatic N) is 3. The maximum Gasteiger partial charge on any atom is 0.241 e. The van der Waals surface area contributed by atoms with Gasteiger partial charge in [-0.15, -0.1) is 5.10 Å². The number of hydrogen-bond acceptors (Lipinski definition) is 5. The van der Waals surface area contributed by atoms with Gasteiger partial charge in [0.05, 0.1) is 17.0 Å². The minimum absolute atomic E-state index is 0.111. The molecule has 1 aliphatic carbocycles. The first kappa shape index (κ1) is 19.7. The summed E-state index contributed by atoms with van der Waals surface area (Å²) in [6.07, 6.45) is 3.14. The van der Waals surface area contributed by atoms with Gasteiger partial charge in [0.2, 0.25) is 5.91 Å². The summed E-state index contributed by atoms with van der Waals surface area (Å²) in [7, 11) is 0. The van der Waals surface area contributed by atoms with E-state index in [-0.39, 0.29) is 5.91 Å². The van der Waals surface area contributed by atoms with Crippen molar-refractivity contribution in [1.82, 2.24) is 14.3 Å². The van der Waals surface area contributed by atoms with E-state index in [1.807, 2.05) is 41.0 Å². The highest BCUT2D eigenvalue weighted by atomic mass is 32.2. The molecule has 0 fully saturated rings. The molecule has 2 aromatic carbocycles. The molecule has 5 rings (SSSR count). The molecule has 0 amide bonds. The molecule has 2 heterocycles. The number of aromatic nitrogens is 3. The maximum atomic E-state index is 13.3. The predicted molar refractivity (Wildman–Crippen MR) is 127 cm³/mol. The van der Waals surface area contributed by atoms with Crippen LogP contribution >= 0.6 is 35.3 Å². The Bertz CT molecular complexity index is 1290. The van der Waals surface area contributed by atoms with Gasteiger partial charge in [0.1, 0.15) is 0 Å². The Kier molecular flexibility index (Phi) is 5.35. The van der Waals surface area contributed by atoms with E-state index in [0.29, 0.717) is 15.6 Å². The third-order valence-corrected chi connectivity index (χ3v) is 7.96. The van der Waals surface area contributed by atoms with Gasteiger partial charge in [-0.3, -0.25) is 9.36 Å². The molecule has 7 heteroatoms. The van der Waals surface area contributed by atoms with Crippen molar-refractivity contribution in [1.29, 1.82) is 0 Å². The lowest BCUT2D eigenvalue weighted by atomic mass is 9.88. The zero-order valence-corrected chi connectivity index (χ0v) is 19.0. The standard InChI is InChI=1S/C23H21N3OS3/c1-15-11-12-20-18(13-15)17-9-5-6-10-19(17)25(20)21(27)14-29-22-24-26(23(28)30-22)16-7-3-2-4-8-16/h2-10,15H,11-14H2,1H3. The van der Waals surface area contributed by atoms with E-state index < -0.39 is 0 Å².